The minimum atomic E-state index is -0.282. The maximum absolute atomic E-state index is 13.4. The van der Waals surface area contributed by atoms with Crippen molar-refractivity contribution in [3.63, 3.8) is 0 Å². The zero-order chi connectivity index (χ0) is 17.6. The Hall–Kier alpha value is -2.34. The summed E-state index contributed by atoms with van der Waals surface area (Å²) in [5, 5.41) is 6.34. The summed E-state index contributed by atoms with van der Waals surface area (Å²) in [6, 6.07) is 6.61. The number of carbonyl (C=O) groups is 1. The molecule has 1 aromatic heterocycles. The highest BCUT2D eigenvalue weighted by atomic mass is 19.1. The lowest BCUT2D eigenvalue weighted by Crippen LogP contribution is -2.29. The Balaban J connectivity index is 1.46. The first-order valence-electron chi connectivity index (χ1n) is 8.63. The molecule has 5 nitrogen and oxygen atoms in total. The van der Waals surface area contributed by atoms with Crippen molar-refractivity contribution in [2.45, 2.75) is 32.2 Å². The van der Waals surface area contributed by atoms with Crippen LogP contribution in [-0.4, -0.2) is 25.6 Å². The molecule has 0 fully saturated rings. The molecule has 0 radical (unpaired) electrons. The number of furan rings is 1. The van der Waals surface area contributed by atoms with E-state index >= 15 is 0 Å². The summed E-state index contributed by atoms with van der Waals surface area (Å²) in [7, 11) is 0. The van der Waals surface area contributed by atoms with Gasteiger partial charge in [0, 0.05) is 29.8 Å². The first-order valence-corrected chi connectivity index (χ1v) is 8.63. The number of hydrogen-bond acceptors (Lipinski definition) is 4. The van der Waals surface area contributed by atoms with Crippen LogP contribution in [0.15, 0.2) is 34.9 Å². The quantitative estimate of drug-likeness (QED) is 0.788. The molecule has 0 spiro atoms. The fraction of sp³-hybridized carbons (Fsp3) is 0.421. The summed E-state index contributed by atoms with van der Waals surface area (Å²) in [5.41, 5.74) is 1.83. The Morgan fingerprint density at radius 2 is 2.20 bits per heavy atom. The number of amides is 1. The lowest BCUT2D eigenvalue weighted by molar-refractivity contribution is 0.0924. The maximum Gasteiger partial charge on any atom is 0.287 e. The average molecular weight is 346 g/mol. The number of carbonyl (C=O) groups excluding carboxylic acids is 1. The van der Waals surface area contributed by atoms with Gasteiger partial charge in [-0.25, -0.2) is 4.39 Å². The van der Waals surface area contributed by atoms with E-state index in [1.807, 2.05) is 6.92 Å². The topological polar surface area (TPSA) is 63.5 Å². The van der Waals surface area contributed by atoms with Gasteiger partial charge in [0.1, 0.15) is 11.6 Å². The van der Waals surface area contributed by atoms with Crippen LogP contribution in [0.2, 0.25) is 0 Å². The Morgan fingerprint density at radius 1 is 1.32 bits per heavy atom. The minimum Gasteiger partial charge on any atom is -0.493 e. The van der Waals surface area contributed by atoms with Gasteiger partial charge in [-0.1, -0.05) is 6.07 Å². The fourth-order valence-electron chi connectivity index (χ4n) is 3.01. The number of rotatable bonds is 6. The number of benzene rings is 1. The van der Waals surface area contributed by atoms with E-state index in [1.54, 1.807) is 12.1 Å². The minimum absolute atomic E-state index is 0.140. The molecular formula is C19H23FN2O3. The van der Waals surface area contributed by atoms with Crippen molar-refractivity contribution in [3.8, 4) is 5.75 Å². The highest BCUT2D eigenvalue weighted by Gasteiger charge is 2.19. The van der Waals surface area contributed by atoms with Gasteiger partial charge in [-0.2, -0.15) is 0 Å². The van der Waals surface area contributed by atoms with E-state index in [0.29, 0.717) is 24.7 Å². The first-order chi connectivity index (χ1) is 12.1. The molecule has 0 saturated carbocycles. The van der Waals surface area contributed by atoms with Gasteiger partial charge in [0.2, 0.25) is 0 Å². The molecular weight excluding hydrogens is 323 g/mol. The van der Waals surface area contributed by atoms with Crippen LogP contribution in [0.3, 0.4) is 0 Å². The molecule has 25 heavy (non-hydrogen) atoms. The smallest absolute Gasteiger partial charge is 0.287 e. The van der Waals surface area contributed by atoms with Gasteiger partial charge in [0.15, 0.2) is 5.76 Å². The Labute approximate surface area is 146 Å². The second-order valence-corrected chi connectivity index (χ2v) is 6.22. The number of hydrogen-bond donors (Lipinski definition) is 2. The Bertz CT molecular complexity index is 729. The van der Waals surface area contributed by atoms with Gasteiger partial charge in [0.25, 0.3) is 5.91 Å². The maximum atomic E-state index is 13.4. The number of halogens is 1. The molecule has 3 rings (SSSR count). The van der Waals surface area contributed by atoms with E-state index < -0.39 is 0 Å². The van der Waals surface area contributed by atoms with Crippen molar-refractivity contribution in [1.29, 1.82) is 0 Å². The van der Waals surface area contributed by atoms with Crippen LogP contribution in [0, 0.1) is 12.7 Å². The molecule has 1 aromatic carbocycles. The summed E-state index contributed by atoms with van der Waals surface area (Å²) < 4.78 is 24.2. The summed E-state index contributed by atoms with van der Waals surface area (Å²) in [6.07, 6.45) is 4.17. The van der Waals surface area contributed by atoms with Gasteiger partial charge in [-0.3, -0.25) is 4.79 Å². The second kappa shape index (κ2) is 8.16. The standard InChI is InChI=1S/C19H23FN2O3/c1-13-7-11-25-18(13)19(23)22-9-3-8-21-16-4-2-10-24-17-12-14(20)5-6-15(16)17/h5-7,11-12,16,21H,2-4,8-10H2,1H3,(H,22,23). The van der Waals surface area contributed by atoms with Crippen LogP contribution in [0.4, 0.5) is 4.39 Å². The summed E-state index contributed by atoms with van der Waals surface area (Å²) in [4.78, 5) is 12.0. The van der Waals surface area contributed by atoms with Gasteiger partial charge >= 0.3 is 0 Å². The number of fused-ring (bicyclic) bond motifs is 1. The molecule has 1 unspecified atom stereocenters. The van der Waals surface area contributed by atoms with E-state index in [2.05, 4.69) is 10.6 Å². The molecule has 1 atom stereocenters. The van der Waals surface area contributed by atoms with Crippen molar-refractivity contribution in [2.24, 2.45) is 0 Å². The van der Waals surface area contributed by atoms with Crippen LogP contribution >= 0.6 is 0 Å². The molecule has 0 aliphatic carbocycles. The SMILES string of the molecule is Cc1ccoc1C(=O)NCCCNC1CCCOc2cc(F)ccc21. The van der Waals surface area contributed by atoms with E-state index in [9.17, 15) is 9.18 Å². The molecule has 6 heteroatoms. The van der Waals surface area contributed by atoms with Crippen LogP contribution in [0.1, 0.15) is 47.0 Å². The average Bonchev–Trinajstić information content (AvgIpc) is 2.92. The van der Waals surface area contributed by atoms with E-state index in [4.69, 9.17) is 9.15 Å². The van der Waals surface area contributed by atoms with Crippen LogP contribution < -0.4 is 15.4 Å². The molecule has 2 N–H and O–H groups in total. The van der Waals surface area contributed by atoms with E-state index in [-0.39, 0.29) is 17.8 Å². The van der Waals surface area contributed by atoms with Gasteiger partial charge in [-0.05, 0) is 44.9 Å². The largest absolute Gasteiger partial charge is 0.493 e. The molecule has 2 aromatic rings. The van der Waals surface area contributed by atoms with Crippen molar-refractivity contribution in [3.05, 3.63) is 53.2 Å². The normalized spacial score (nSPS) is 16.6. The number of nitrogens with one attached hydrogen (secondary N) is 2. The summed E-state index contributed by atoms with van der Waals surface area (Å²) >= 11 is 0. The lowest BCUT2D eigenvalue weighted by Gasteiger charge is -2.18. The Morgan fingerprint density at radius 3 is 3.00 bits per heavy atom. The summed E-state index contributed by atoms with van der Waals surface area (Å²) in [6.45, 7) is 3.76. The molecule has 1 aliphatic heterocycles. The van der Waals surface area contributed by atoms with E-state index in [0.717, 1.165) is 36.9 Å². The Kier molecular flexibility index (Phi) is 5.71. The molecule has 0 bridgehead atoms. The van der Waals surface area contributed by atoms with Gasteiger partial charge in [-0.15, -0.1) is 0 Å². The predicted octanol–water partition coefficient (Wildman–Crippen LogP) is 3.35. The van der Waals surface area contributed by atoms with Gasteiger partial charge in [0.05, 0.1) is 12.9 Å². The zero-order valence-corrected chi connectivity index (χ0v) is 14.3. The molecule has 0 saturated heterocycles. The van der Waals surface area contributed by atoms with Gasteiger partial charge < -0.3 is 19.8 Å². The highest BCUT2D eigenvalue weighted by Crippen LogP contribution is 2.31. The van der Waals surface area contributed by atoms with E-state index in [1.165, 1.54) is 18.4 Å². The first kappa shape index (κ1) is 17.5. The number of aryl methyl sites for hydroxylation is 1. The molecule has 134 valence electrons. The van der Waals surface area contributed by atoms with Crippen molar-refractivity contribution < 1.29 is 18.3 Å². The predicted molar refractivity (Wildman–Crippen MR) is 92.3 cm³/mol. The second-order valence-electron chi connectivity index (χ2n) is 6.22. The van der Waals surface area contributed by atoms with Crippen molar-refractivity contribution >= 4 is 5.91 Å². The third-order valence-electron chi connectivity index (χ3n) is 4.34. The molecule has 1 amide bonds. The van der Waals surface area contributed by atoms with Crippen LogP contribution in [0.5, 0.6) is 5.75 Å². The van der Waals surface area contributed by atoms with Crippen LogP contribution in [-0.2, 0) is 0 Å². The van der Waals surface area contributed by atoms with Crippen molar-refractivity contribution in [1.82, 2.24) is 10.6 Å². The third kappa shape index (κ3) is 4.39. The third-order valence-corrected chi connectivity index (χ3v) is 4.34. The molecule has 1 aliphatic rings. The lowest BCUT2D eigenvalue weighted by atomic mass is 10.0. The monoisotopic (exact) mass is 346 g/mol. The highest BCUT2D eigenvalue weighted by molar-refractivity contribution is 5.92. The zero-order valence-electron chi connectivity index (χ0n) is 14.3. The van der Waals surface area contributed by atoms with Crippen molar-refractivity contribution in [2.75, 3.05) is 19.7 Å². The van der Waals surface area contributed by atoms with Crippen LogP contribution in [0.25, 0.3) is 0 Å². The fourth-order valence-corrected chi connectivity index (χ4v) is 3.01. The summed E-state index contributed by atoms with van der Waals surface area (Å²) in [5.74, 6) is 0.517. The molecule has 2 heterocycles. The number of ether oxygens (including phenoxy) is 1.